The van der Waals surface area contributed by atoms with Crippen LogP contribution in [0.1, 0.15) is 56.6 Å². The Kier molecular flexibility index (Phi) is 8.06. The number of aliphatic hydroxyl groups excluding tert-OH is 1. The molecular weight excluding hydrogens is 392 g/mol. The van der Waals surface area contributed by atoms with Crippen molar-refractivity contribution in [3.63, 3.8) is 0 Å². The van der Waals surface area contributed by atoms with Crippen molar-refractivity contribution in [2.24, 2.45) is 7.05 Å². The molecule has 2 aromatic rings. The molecule has 31 heavy (non-hydrogen) atoms. The largest absolute Gasteiger partial charge is 0.481 e. The molecule has 1 aliphatic rings. The van der Waals surface area contributed by atoms with Crippen LogP contribution in [0, 0.1) is 0 Å². The van der Waals surface area contributed by atoms with Crippen LogP contribution >= 0.6 is 0 Å². The Labute approximate surface area is 183 Å². The molecule has 2 N–H and O–H groups in total. The van der Waals surface area contributed by atoms with E-state index in [1.807, 2.05) is 65.2 Å². The average Bonchev–Trinajstić information content (AvgIpc) is 3.34. The summed E-state index contributed by atoms with van der Waals surface area (Å²) in [5.74, 6) is -0.604. The molecule has 1 aromatic carbocycles. The summed E-state index contributed by atoms with van der Waals surface area (Å²) in [6, 6.07) is 11.9. The van der Waals surface area contributed by atoms with E-state index in [-0.39, 0.29) is 18.4 Å². The number of likely N-dealkylation sites (tertiary alicyclic amines) is 1. The summed E-state index contributed by atoms with van der Waals surface area (Å²) in [6.07, 6.45) is 9.85. The van der Waals surface area contributed by atoms with E-state index < -0.39 is 12.1 Å². The van der Waals surface area contributed by atoms with Crippen molar-refractivity contribution in [1.82, 2.24) is 9.47 Å². The molecular formula is C25H32N2O4. The molecule has 0 saturated carbocycles. The van der Waals surface area contributed by atoms with Gasteiger partial charge >= 0.3 is 5.97 Å². The highest BCUT2D eigenvalue weighted by atomic mass is 16.4. The van der Waals surface area contributed by atoms with Gasteiger partial charge in [-0.3, -0.25) is 9.59 Å². The second-order valence-corrected chi connectivity index (χ2v) is 8.21. The number of benzene rings is 1. The Bertz CT molecular complexity index is 918. The van der Waals surface area contributed by atoms with Gasteiger partial charge in [-0.05, 0) is 48.6 Å². The van der Waals surface area contributed by atoms with Crippen LogP contribution in [0.2, 0.25) is 0 Å². The molecule has 0 radical (unpaired) electrons. The van der Waals surface area contributed by atoms with Gasteiger partial charge in [-0.1, -0.05) is 43.2 Å². The van der Waals surface area contributed by atoms with Gasteiger partial charge in [0.25, 0.3) is 0 Å². The molecule has 6 heteroatoms. The number of amides is 1. The van der Waals surface area contributed by atoms with E-state index in [0.717, 1.165) is 42.5 Å². The summed E-state index contributed by atoms with van der Waals surface area (Å²) in [7, 11) is 2.00. The molecule has 166 valence electrons. The first kappa shape index (κ1) is 22.8. The summed E-state index contributed by atoms with van der Waals surface area (Å²) in [4.78, 5) is 24.7. The standard InChI is InChI=1S/C25H32N2O4/c1-26-16-7-10-22(26)19-8-6-9-20(18-19)23(28)14-12-21-13-15-24(29)27(21)17-5-3-2-4-11-25(30)31/h6-10,12,14,16,18,21,23,28H,2-5,11,13,15,17H2,1H3,(H,30,31)/t21?,23-/m1/s1. The van der Waals surface area contributed by atoms with Crippen molar-refractivity contribution in [2.45, 2.75) is 57.1 Å². The second kappa shape index (κ2) is 11.0. The Morgan fingerprint density at radius 2 is 2.00 bits per heavy atom. The maximum absolute atomic E-state index is 12.3. The highest BCUT2D eigenvalue weighted by molar-refractivity contribution is 5.79. The predicted octanol–water partition coefficient (Wildman–Crippen LogP) is 4.31. The van der Waals surface area contributed by atoms with Gasteiger partial charge in [0.05, 0.1) is 12.1 Å². The third-order valence-electron chi connectivity index (χ3n) is 5.90. The SMILES string of the molecule is Cn1cccc1-c1cccc([C@H](O)C=CC2CCC(=O)N2CCCCCCC(=O)O)c1. The molecule has 1 saturated heterocycles. The zero-order valence-corrected chi connectivity index (χ0v) is 18.1. The topological polar surface area (TPSA) is 82.8 Å². The summed E-state index contributed by atoms with van der Waals surface area (Å²) >= 11 is 0. The maximum atomic E-state index is 12.3. The highest BCUT2D eigenvalue weighted by Crippen LogP contribution is 2.26. The number of nitrogens with zero attached hydrogens (tertiary/aromatic N) is 2. The van der Waals surface area contributed by atoms with Crippen LogP contribution in [0.3, 0.4) is 0 Å². The van der Waals surface area contributed by atoms with Gasteiger partial charge in [0.15, 0.2) is 0 Å². The third-order valence-corrected chi connectivity index (χ3v) is 5.90. The minimum atomic E-state index is -0.757. The maximum Gasteiger partial charge on any atom is 0.303 e. The number of hydrogen-bond donors (Lipinski definition) is 2. The number of rotatable bonds is 11. The molecule has 0 bridgehead atoms. The Morgan fingerprint density at radius 3 is 2.74 bits per heavy atom. The summed E-state index contributed by atoms with van der Waals surface area (Å²) in [5, 5.41) is 19.4. The van der Waals surface area contributed by atoms with Gasteiger partial charge in [-0.25, -0.2) is 0 Å². The number of carbonyl (C=O) groups is 2. The Morgan fingerprint density at radius 1 is 1.19 bits per heavy atom. The van der Waals surface area contributed by atoms with Crippen molar-refractivity contribution >= 4 is 11.9 Å². The summed E-state index contributed by atoms with van der Waals surface area (Å²) in [6.45, 7) is 0.681. The van der Waals surface area contributed by atoms with Gasteiger partial charge in [-0.15, -0.1) is 0 Å². The van der Waals surface area contributed by atoms with Crippen LogP contribution in [0.25, 0.3) is 11.3 Å². The monoisotopic (exact) mass is 424 g/mol. The zero-order chi connectivity index (χ0) is 22.2. The third kappa shape index (κ3) is 6.31. The fourth-order valence-corrected chi connectivity index (χ4v) is 4.15. The molecule has 2 atom stereocenters. The molecule has 6 nitrogen and oxygen atoms in total. The number of aromatic nitrogens is 1. The number of aryl methyl sites for hydroxylation is 1. The molecule has 1 fully saturated rings. The van der Waals surface area contributed by atoms with E-state index in [9.17, 15) is 14.7 Å². The lowest BCUT2D eigenvalue weighted by atomic mass is 10.0. The van der Waals surface area contributed by atoms with Crippen LogP contribution in [-0.2, 0) is 16.6 Å². The first-order chi connectivity index (χ1) is 15.0. The molecule has 2 heterocycles. The number of aliphatic carboxylic acids is 1. The van der Waals surface area contributed by atoms with Crippen molar-refractivity contribution in [3.8, 4) is 11.3 Å². The number of unbranched alkanes of at least 4 members (excludes halogenated alkanes) is 3. The van der Waals surface area contributed by atoms with Gasteiger partial charge < -0.3 is 19.7 Å². The molecule has 1 aromatic heterocycles. The van der Waals surface area contributed by atoms with Crippen LogP contribution in [0.5, 0.6) is 0 Å². The normalized spacial score (nSPS) is 17.5. The van der Waals surface area contributed by atoms with E-state index in [1.54, 1.807) is 6.08 Å². The minimum Gasteiger partial charge on any atom is -0.481 e. The van der Waals surface area contributed by atoms with Crippen LogP contribution in [-0.4, -0.2) is 44.1 Å². The first-order valence-corrected chi connectivity index (χ1v) is 11.0. The fourth-order valence-electron chi connectivity index (χ4n) is 4.15. The lowest BCUT2D eigenvalue weighted by Gasteiger charge is -2.22. The Hall–Kier alpha value is -2.86. The fraction of sp³-hybridized carbons (Fsp3) is 0.440. The smallest absolute Gasteiger partial charge is 0.303 e. The number of carbonyl (C=O) groups excluding carboxylic acids is 1. The lowest BCUT2D eigenvalue weighted by Crippen LogP contribution is -2.32. The van der Waals surface area contributed by atoms with Gasteiger partial charge in [0, 0.05) is 38.3 Å². The molecule has 1 amide bonds. The Balaban J connectivity index is 1.55. The van der Waals surface area contributed by atoms with E-state index in [4.69, 9.17) is 5.11 Å². The van der Waals surface area contributed by atoms with E-state index >= 15 is 0 Å². The summed E-state index contributed by atoms with van der Waals surface area (Å²) < 4.78 is 2.05. The van der Waals surface area contributed by atoms with Crippen LogP contribution < -0.4 is 0 Å². The molecule has 3 rings (SSSR count). The first-order valence-electron chi connectivity index (χ1n) is 11.0. The molecule has 1 aliphatic heterocycles. The molecule has 1 unspecified atom stereocenters. The van der Waals surface area contributed by atoms with Crippen LogP contribution in [0.15, 0.2) is 54.7 Å². The van der Waals surface area contributed by atoms with Crippen LogP contribution in [0.4, 0.5) is 0 Å². The van der Waals surface area contributed by atoms with Gasteiger partial charge in [0.1, 0.15) is 0 Å². The predicted molar refractivity (Wildman–Crippen MR) is 120 cm³/mol. The number of carboxylic acids is 1. The van der Waals surface area contributed by atoms with E-state index in [2.05, 4.69) is 0 Å². The molecule has 0 spiro atoms. The van der Waals surface area contributed by atoms with Crippen molar-refractivity contribution < 1.29 is 19.8 Å². The van der Waals surface area contributed by atoms with Gasteiger partial charge in [0.2, 0.25) is 5.91 Å². The lowest BCUT2D eigenvalue weighted by molar-refractivity contribution is -0.137. The second-order valence-electron chi connectivity index (χ2n) is 8.21. The highest BCUT2D eigenvalue weighted by Gasteiger charge is 2.28. The average molecular weight is 425 g/mol. The zero-order valence-electron chi connectivity index (χ0n) is 18.1. The van der Waals surface area contributed by atoms with Crippen molar-refractivity contribution in [2.75, 3.05) is 6.54 Å². The van der Waals surface area contributed by atoms with E-state index in [0.29, 0.717) is 19.4 Å². The molecule has 0 aliphatic carbocycles. The quantitative estimate of drug-likeness (QED) is 0.416. The van der Waals surface area contributed by atoms with Gasteiger partial charge in [-0.2, -0.15) is 0 Å². The number of hydrogen-bond acceptors (Lipinski definition) is 3. The minimum absolute atomic E-state index is 0.0113. The van der Waals surface area contributed by atoms with Crippen molar-refractivity contribution in [3.05, 3.63) is 60.3 Å². The number of carboxylic acid groups (broad SMARTS) is 1. The van der Waals surface area contributed by atoms with E-state index in [1.165, 1.54) is 0 Å². The van der Waals surface area contributed by atoms with Crippen molar-refractivity contribution in [1.29, 1.82) is 0 Å². The summed E-state index contributed by atoms with van der Waals surface area (Å²) in [5.41, 5.74) is 2.97. The number of aliphatic hydroxyl groups is 1.